The highest BCUT2D eigenvalue weighted by atomic mass is 32.1. The maximum atomic E-state index is 14.3. The number of rotatable bonds is 4. The zero-order valence-electron chi connectivity index (χ0n) is 18.1. The Labute approximate surface area is 196 Å². The Morgan fingerprint density at radius 2 is 2.00 bits per heavy atom. The van der Waals surface area contributed by atoms with Gasteiger partial charge in [-0.2, -0.15) is 5.10 Å². The second-order valence-corrected chi connectivity index (χ2v) is 8.63. The summed E-state index contributed by atoms with van der Waals surface area (Å²) in [5.74, 6) is 0.470. The number of nitrogens with zero attached hydrogens (tertiary/aromatic N) is 8. The molecule has 6 rings (SSSR count). The molecule has 0 bridgehead atoms. The Morgan fingerprint density at radius 3 is 2.76 bits per heavy atom. The average molecular weight is 478 g/mol. The Morgan fingerprint density at radius 1 is 1.12 bits per heavy atom. The summed E-state index contributed by atoms with van der Waals surface area (Å²) in [5.41, 5.74) is 2.49. The molecule has 12 heteroatoms. The van der Waals surface area contributed by atoms with E-state index < -0.39 is 11.6 Å². The van der Waals surface area contributed by atoms with Crippen molar-refractivity contribution in [2.45, 2.75) is 26.3 Å². The first-order valence-corrected chi connectivity index (χ1v) is 11.4. The van der Waals surface area contributed by atoms with E-state index in [1.165, 1.54) is 23.5 Å². The predicted molar refractivity (Wildman–Crippen MR) is 122 cm³/mol. The molecular formula is C22H17F2N9S. The molecule has 0 amide bonds. The van der Waals surface area contributed by atoms with Gasteiger partial charge in [-0.05, 0) is 25.5 Å². The molecule has 0 radical (unpaired) electrons. The molecule has 5 aromatic rings. The van der Waals surface area contributed by atoms with Crippen LogP contribution in [0.25, 0.3) is 27.8 Å². The number of fused-ring (bicyclic) bond motifs is 3. The summed E-state index contributed by atoms with van der Waals surface area (Å²) < 4.78 is 29.9. The monoisotopic (exact) mass is 477 g/mol. The molecule has 1 aliphatic rings. The van der Waals surface area contributed by atoms with E-state index in [9.17, 15) is 8.78 Å². The normalized spacial score (nSPS) is 14.8. The largest absolute Gasteiger partial charge is 0.314 e. The molecule has 0 spiro atoms. The minimum absolute atomic E-state index is 0.302. The molecule has 0 saturated carbocycles. The predicted octanol–water partition coefficient (Wildman–Crippen LogP) is 4.76. The molecule has 1 N–H and O–H groups in total. The lowest BCUT2D eigenvalue weighted by molar-refractivity contribution is 0.507. The summed E-state index contributed by atoms with van der Waals surface area (Å²) in [7, 11) is 0. The van der Waals surface area contributed by atoms with Gasteiger partial charge in [-0.3, -0.25) is 9.67 Å². The van der Waals surface area contributed by atoms with Gasteiger partial charge < -0.3 is 4.90 Å². The van der Waals surface area contributed by atoms with Crippen LogP contribution in [0.4, 0.5) is 20.3 Å². The van der Waals surface area contributed by atoms with Crippen molar-refractivity contribution >= 4 is 22.8 Å². The van der Waals surface area contributed by atoms with E-state index in [2.05, 4.69) is 30.4 Å². The van der Waals surface area contributed by atoms with Crippen LogP contribution in [-0.4, -0.2) is 39.9 Å². The number of hydrogen-bond acceptors (Lipinski definition) is 8. The van der Waals surface area contributed by atoms with E-state index in [4.69, 9.17) is 4.98 Å². The summed E-state index contributed by atoms with van der Waals surface area (Å²) in [4.78, 5) is 15.7. The van der Waals surface area contributed by atoms with Crippen LogP contribution in [0.2, 0.25) is 0 Å². The number of hydrogen-bond donors (Lipinski definition) is 1. The van der Waals surface area contributed by atoms with Gasteiger partial charge in [0, 0.05) is 23.3 Å². The van der Waals surface area contributed by atoms with Crippen molar-refractivity contribution in [1.29, 1.82) is 0 Å². The summed E-state index contributed by atoms with van der Waals surface area (Å²) in [6.45, 7) is 3.85. The van der Waals surface area contributed by atoms with Gasteiger partial charge in [0.15, 0.2) is 29.1 Å². The number of benzene rings is 1. The highest BCUT2D eigenvalue weighted by Crippen LogP contribution is 2.44. The number of aromatic amines is 1. The zero-order valence-corrected chi connectivity index (χ0v) is 18.9. The molecule has 0 saturated heterocycles. The Bertz CT molecular complexity index is 1510. The van der Waals surface area contributed by atoms with Crippen molar-refractivity contribution in [3.63, 3.8) is 0 Å². The van der Waals surface area contributed by atoms with Crippen LogP contribution in [0.3, 0.4) is 0 Å². The molecule has 5 heterocycles. The van der Waals surface area contributed by atoms with Crippen molar-refractivity contribution in [2.75, 3.05) is 4.90 Å². The molecule has 34 heavy (non-hydrogen) atoms. The fourth-order valence-corrected chi connectivity index (χ4v) is 4.90. The number of thiazole rings is 1. The lowest BCUT2D eigenvalue weighted by Crippen LogP contribution is -2.32. The number of nitrogens with one attached hydrogen (secondary N) is 1. The van der Waals surface area contributed by atoms with E-state index in [0.717, 1.165) is 11.1 Å². The summed E-state index contributed by atoms with van der Waals surface area (Å²) in [5, 5.41) is 18.4. The molecule has 1 aromatic carbocycles. The highest BCUT2D eigenvalue weighted by Gasteiger charge is 2.36. The van der Waals surface area contributed by atoms with Crippen molar-refractivity contribution < 1.29 is 8.78 Å². The topological polar surface area (TPSA) is 101 Å². The molecule has 0 unspecified atom stereocenters. The van der Waals surface area contributed by atoms with Gasteiger partial charge in [-0.25, -0.2) is 23.7 Å². The molecule has 1 aliphatic heterocycles. The zero-order chi connectivity index (χ0) is 23.4. The third-order valence-corrected chi connectivity index (χ3v) is 6.56. The quantitative estimate of drug-likeness (QED) is 0.398. The van der Waals surface area contributed by atoms with Crippen molar-refractivity contribution in [3.05, 3.63) is 65.5 Å². The third-order valence-electron chi connectivity index (χ3n) is 5.77. The minimum Gasteiger partial charge on any atom is -0.314 e. The van der Waals surface area contributed by atoms with Crippen LogP contribution in [0.1, 0.15) is 31.0 Å². The van der Waals surface area contributed by atoms with Crippen molar-refractivity contribution in [2.24, 2.45) is 0 Å². The Hall–Kier alpha value is -4.06. The SMILES string of the molecule is CC[C@H]1c2nnc(C)n2-c2cnc(-c3cn[nH]c3-c3nccs3)nc2N1c1ccc(F)c(F)c1. The number of aryl methyl sites for hydroxylation is 1. The highest BCUT2D eigenvalue weighted by molar-refractivity contribution is 7.13. The first kappa shape index (κ1) is 20.5. The van der Waals surface area contributed by atoms with Gasteiger partial charge >= 0.3 is 0 Å². The molecule has 0 aliphatic carbocycles. The smallest absolute Gasteiger partial charge is 0.165 e. The first-order chi connectivity index (χ1) is 16.6. The first-order valence-electron chi connectivity index (χ1n) is 10.5. The Kier molecular flexibility index (Phi) is 4.69. The van der Waals surface area contributed by atoms with Crippen LogP contribution in [0.15, 0.2) is 42.2 Å². The van der Waals surface area contributed by atoms with Crippen LogP contribution < -0.4 is 4.90 Å². The van der Waals surface area contributed by atoms with Crippen LogP contribution in [0, 0.1) is 18.6 Å². The minimum atomic E-state index is -0.938. The molecule has 170 valence electrons. The fourth-order valence-electron chi connectivity index (χ4n) is 4.25. The van der Waals surface area contributed by atoms with Crippen LogP contribution in [0.5, 0.6) is 0 Å². The second-order valence-electron chi connectivity index (χ2n) is 7.73. The molecular weight excluding hydrogens is 460 g/mol. The summed E-state index contributed by atoms with van der Waals surface area (Å²) in [6.07, 6.45) is 5.68. The van der Waals surface area contributed by atoms with E-state index in [0.29, 0.717) is 52.3 Å². The number of H-pyrrole nitrogens is 1. The van der Waals surface area contributed by atoms with Gasteiger partial charge in [-0.15, -0.1) is 21.5 Å². The van der Waals surface area contributed by atoms with E-state index in [-0.39, 0.29) is 6.04 Å². The molecule has 0 fully saturated rings. The van der Waals surface area contributed by atoms with Gasteiger partial charge in [0.2, 0.25) is 0 Å². The summed E-state index contributed by atoms with van der Waals surface area (Å²) >= 11 is 1.47. The van der Waals surface area contributed by atoms with E-state index >= 15 is 0 Å². The van der Waals surface area contributed by atoms with Gasteiger partial charge in [0.1, 0.15) is 22.2 Å². The third kappa shape index (κ3) is 3.02. The number of aromatic nitrogens is 8. The summed E-state index contributed by atoms with van der Waals surface area (Å²) in [6, 6.07) is 3.51. The van der Waals surface area contributed by atoms with E-state index in [1.54, 1.807) is 18.6 Å². The number of anilines is 2. The molecule has 1 atom stereocenters. The molecule has 9 nitrogen and oxygen atoms in total. The lowest BCUT2D eigenvalue weighted by atomic mass is 10.1. The van der Waals surface area contributed by atoms with Gasteiger partial charge in [-0.1, -0.05) is 6.92 Å². The van der Waals surface area contributed by atoms with Gasteiger partial charge in [0.25, 0.3) is 0 Å². The molecule has 4 aromatic heterocycles. The Balaban J connectivity index is 1.59. The maximum Gasteiger partial charge on any atom is 0.165 e. The van der Waals surface area contributed by atoms with Crippen LogP contribution >= 0.6 is 11.3 Å². The second kappa shape index (κ2) is 7.76. The van der Waals surface area contributed by atoms with E-state index in [1.807, 2.05) is 28.7 Å². The average Bonchev–Trinajstić information content (AvgIpc) is 3.60. The van der Waals surface area contributed by atoms with Crippen LogP contribution in [-0.2, 0) is 0 Å². The van der Waals surface area contributed by atoms with Crippen molar-refractivity contribution in [3.8, 4) is 27.8 Å². The lowest BCUT2D eigenvalue weighted by Gasteiger charge is -2.37. The maximum absolute atomic E-state index is 14.3. The van der Waals surface area contributed by atoms with Crippen molar-refractivity contribution in [1.82, 2.24) is 39.9 Å². The number of halogens is 2. The standard InChI is InChI=1S/C22H17F2N9S/c1-3-16-21-31-29-11(2)32(21)17-10-26-19(13-9-27-30-18(13)22-25-6-7-34-22)28-20(17)33(16)12-4-5-14(23)15(24)8-12/h4-10,16H,3H2,1-2H3,(H,27,30)/t16-/m0/s1. The van der Waals surface area contributed by atoms with Gasteiger partial charge in [0.05, 0.1) is 24.0 Å². The fraction of sp³-hybridized carbons (Fsp3) is 0.182.